The quantitative estimate of drug-likeness (QED) is 0.424. The lowest BCUT2D eigenvalue weighted by Crippen LogP contribution is -2.46. The van der Waals surface area contributed by atoms with E-state index in [9.17, 15) is 20.4 Å². The van der Waals surface area contributed by atoms with E-state index in [4.69, 9.17) is 0 Å². The van der Waals surface area contributed by atoms with Gasteiger partial charge in [-0.3, -0.25) is 0 Å². The van der Waals surface area contributed by atoms with Gasteiger partial charge in [0, 0.05) is 9.79 Å². The standard InChI is InChI=1S/C18H22O4S2/c1-12(19)15(20)16(21)17(22)18(23-13-8-4-2-5-9-13)24-14-10-6-3-7-11-14/h2-12,15-22H,1H3/t12-,15-,16+,17+/m0/s1. The Labute approximate surface area is 150 Å². The molecule has 0 aromatic heterocycles. The van der Waals surface area contributed by atoms with Gasteiger partial charge in [0.1, 0.15) is 18.3 Å². The van der Waals surface area contributed by atoms with Gasteiger partial charge in [-0.15, -0.1) is 23.5 Å². The van der Waals surface area contributed by atoms with Crippen molar-refractivity contribution in [1.82, 2.24) is 0 Å². The van der Waals surface area contributed by atoms with Crippen LogP contribution in [0.1, 0.15) is 6.92 Å². The molecule has 0 radical (unpaired) electrons. The van der Waals surface area contributed by atoms with Gasteiger partial charge >= 0.3 is 0 Å². The second-order valence-electron chi connectivity index (χ2n) is 5.44. The van der Waals surface area contributed by atoms with E-state index in [0.29, 0.717) is 0 Å². The predicted molar refractivity (Wildman–Crippen MR) is 98.1 cm³/mol. The first-order valence-corrected chi connectivity index (χ1v) is 9.40. The number of aliphatic hydroxyl groups excluding tert-OH is 4. The molecular formula is C18H22O4S2. The van der Waals surface area contributed by atoms with Crippen LogP contribution in [-0.4, -0.2) is 49.4 Å². The maximum absolute atomic E-state index is 10.6. The number of hydrogen-bond acceptors (Lipinski definition) is 6. The summed E-state index contributed by atoms with van der Waals surface area (Å²) in [5, 5.41) is 40.1. The Balaban J connectivity index is 2.18. The molecule has 0 aliphatic rings. The number of rotatable bonds is 8. The molecule has 0 saturated carbocycles. The summed E-state index contributed by atoms with van der Waals surface area (Å²) in [5.41, 5.74) is 0. The van der Waals surface area contributed by atoms with Crippen LogP contribution in [0.4, 0.5) is 0 Å². The first kappa shape index (κ1) is 19.3. The first-order chi connectivity index (χ1) is 11.5. The fourth-order valence-electron chi connectivity index (χ4n) is 2.08. The molecule has 0 heterocycles. The van der Waals surface area contributed by atoms with Gasteiger partial charge in [-0.25, -0.2) is 0 Å². The van der Waals surface area contributed by atoms with E-state index >= 15 is 0 Å². The average Bonchev–Trinajstić information content (AvgIpc) is 2.61. The van der Waals surface area contributed by atoms with Crippen molar-refractivity contribution >= 4 is 23.5 Å². The summed E-state index contributed by atoms with van der Waals surface area (Å²) in [6, 6.07) is 19.1. The van der Waals surface area contributed by atoms with Crippen LogP contribution in [0, 0.1) is 0 Å². The van der Waals surface area contributed by atoms with Crippen molar-refractivity contribution < 1.29 is 20.4 Å². The molecule has 0 aliphatic heterocycles. The minimum atomic E-state index is -1.44. The molecule has 2 rings (SSSR count). The van der Waals surface area contributed by atoms with E-state index in [1.165, 1.54) is 30.4 Å². The van der Waals surface area contributed by atoms with Gasteiger partial charge in [-0.2, -0.15) is 0 Å². The molecule has 0 aliphatic carbocycles. The highest BCUT2D eigenvalue weighted by atomic mass is 32.2. The molecule has 0 unspecified atom stereocenters. The predicted octanol–water partition coefficient (Wildman–Crippen LogP) is 2.36. The summed E-state index contributed by atoms with van der Waals surface area (Å²) in [6.45, 7) is 1.38. The summed E-state index contributed by atoms with van der Waals surface area (Å²) in [4.78, 5) is 1.90. The number of hydrogen-bond donors (Lipinski definition) is 4. The Morgan fingerprint density at radius 3 is 1.42 bits per heavy atom. The molecule has 6 heteroatoms. The largest absolute Gasteiger partial charge is 0.391 e. The Morgan fingerprint density at radius 2 is 1.04 bits per heavy atom. The van der Waals surface area contributed by atoms with Crippen molar-refractivity contribution in [3.63, 3.8) is 0 Å². The molecule has 130 valence electrons. The van der Waals surface area contributed by atoms with Crippen molar-refractivity contribution in [2.75, 3.05) is 0 Å². The Bertz CT molecular complexity index is 553. The van der Waals surface area contributed by atoms with Crippen molar-refractivity contribution in [3.05, 3.63) is 60.7 Å². The van der Waals surface area contributed by atoms with Crippen molar-refractivity contribution in [2.24, 2.45) is 0 Å². The highest BCUT2D eigenvalue weighted by Crippen LogP contribution is 2.38. The van der Waals surface area contributed by atoms with Crippen molar-refractivity contribution in [1.29, 1.82) is 0 Å². The van der Waals surface area contributed by atoms with Gasteiger partial charge in [0.15, 0.2) is 0 Å². The van der Waals surface area contributed by atoms with Gasteiger partial charge in [0.25, 0.3) is 0 Å². The second-order valence-corrected chi connectivity index (χ2v) is 8.17. The first-order valence-electron chi connectivity index (χ1n) is 7.64. The lowest BCUT2D eigenvalue weighted by molar-refractivity contribution is -0.0952. The Kier molecular flexibility index (Phi) is 7.61. The summed E-state index contributed by atoms with van der Waals surface area (Å²) >= 11 is 2.82. The van der Waals surface area contributed by atoms with Crippen LogP contribution in [0.3, 0.4) is 0 Å². The molecule has 4 nitrogen and oxygen atoms in total. The zero-order valence-electron chi connectivity index (χ0n) is 13.3. The molecule has 2 aromatic rings. The molecule has 24 heavy (non-hydrogen) atoms. The number of aliphatic hydroxyl groups is 4. The third kappa shape index (κ3) is 5.51. The van der Waals surface area contributed by atoms with Gasteiger partial charge < -0.3 is 20.4 Å². The number of benzene rings is 2. The highest BCUT2D eigenvalue weighted by molar-refractivity contribution is 8.17. The van der Waals surface area contributed by atoms with Crippen LogP contribution in [0.2, 0.25) is 0 Å². The van der Waals surface area contributed by atoms with E-state index < -0.39 is 29.0 Å². The molecule has 2 aromatic carbocycles. The SMILES string of the molecule is C[C@H](O)[C@H](O)[C@@H](O)[C@@H](O)C(Sc1ccccc1)Sc1ccccc1. The Hall–Kier alpha value is -1.02. The molecular weight excluding hydrogens is 344 g/mol. The third-order valence-corrected chi connectivity index (χ3v) is 6.15. The molecule has 0 saturated heterocycles. The maximum atomic E-state index is 10.6. The lowest BCUT2D eigenvalue weighted by Gasteiger charge is -2.30. The van der Waals surface area contributed by atoms with E-state index in [2.05, 4.69) is 0 Å². The molecule has 4 atom stereocenters. The van der Waals surface area contributed by atoms with Crippen LogP contribution >= 0.6 is 23.5 Å². The van der Waals surface area contributed by atoms with Gasteiger partial charge in [0.2, 0.25) is 0 Å². The second kappa shape index (κ2) is 9.46. The lowest BCUT2D eigenvalue weighted by atomic mass is 10.1. The molecule has 0 fully saturated rings. The molecule has 0 spiro atoms. The Morgan fingerprint density at radius 1 is 0.625 bits per heavy atom. The van der Waals surface area contributed by atoms with Crippen LogP contribution in [0.25, 0.3) is 0 Å². The topological polar surface area (TPSA) is 80.9 Å². The number of thioether (sulfide) groups is 2. The van der Waals surface area contributed by atoms with Crippen LogP contribution in [0.15, 0.2) is 70.5 Å². The minimum absolute atomic E-state index is 0.446. The van der Waals surface area contributed by atoms with Crippen LogP contribution in [-0.2, 0) is 0 Å². The van der Waals surface area contributed by atoms with Gasteiger partial charge in [-0.05, 0) is 31.2 Å². The van der Waals surface area contributed by atoms with E-state index in [0.717, 1.165) is 9.79 Å². The van der Waals surface area contributed by atoms with Crippen LogP contribution in [0.5, 0.6) is 0 Å². The molecule has 0 bridgehead atoms. The van der Waals surface area contributed by atoms with E-state index in [1.807, 2.05) is 60.7 Å². The maximum Gasteiger partial charge on any atom is 0.110 e. The van der Waals surface area contributed by atoms with Crippen molar-refractivity contribution in [3.8, 4) is 0 Å². The molecule has 4 N–H and O–H groups in total. The summed E-state index contributed by atoms with van der Waals surface area (Å²) in [7, 11) is 0. The van der Waals surface area contributed by atoms with Crippen LogP contribution < -0.4 is 0 Å². The van der Waals surface area contributed by atoms with Gasteiger partial charge in [-0.1, -0.05) is 36.4 Å². The van der Waals surface area contributed by atoms with E-state index in [-0.39, 0.29) is 0 Å². The average molecular weight is 367 g/mol. The smallest absolute Gasteiger partial charge is 0.110 e. The highest BCUT2D eigenvalue weighted by Gasteiger charge is 2.34. The van der Waals surface area contributed by atoms with Gasteiger partial charge in [0.05, 0.1) is 10.7 Å². The minimum Gasteiger partial charge on any atom is -0.391 e. The summed E-state index contributed by atoms with van der Waals surface area (Å²) in [6.07, 6.45) is -5.19. The zero-order chi connectivity index (χ0) is 17.5. The fourth-order valence-corrected chi connectivity index (χ4v) is 4.70. The zero-order valence-corrected chi connectivity index (χ0v) is 14.9. The normalized spacial score (nSPS) is 16.6. The summed E-state index contributed by atoms with van der Waals surface area (Å²) < 4.78 is -0.446. The monoisotopic (exact) mass is 366 g/mol. The van der Waals surface area contributed by atoms with Crippen molar-refractivity contribution in [2.45, 2.75) is 45.7 Å². The van der Waals surface area contributed by atoms with E-state index in [1.54, 1.807) is 0 Å². The summed E-state index contributed by atoms with van der Waals surface area (Å²) in [5.74, 6) is 0. The fraction of sp³-hybridized carbons (Fsp3) is 0.333. The molecule has 0 amide bonds. The third-order valence-electron chi connectivity index (χ3n) is 3.46.